The van der Waals surface area contributed by atoms with Gasteiger partial charge in [0.25, 0.3) is 0 Å². The van der Waals surface area contributed by atoms with Gasteiger partial charge in [0.2, 0.25) is 0 Å². The molecule has 0 saturated carbocycles. The molecule has 1 unspecified atom stereocenters. The third kappa shape index (κ3) is 4.36. The van der Waals surface area contributed by atoms with E-state index in [9.17, 15) is 5.11 Å². The van der Waals surface area contributed by atoms with Crippen molar-refractivity contribution in [2.75, 3.05) is 13.2 Å². The first-order valence-electron chi connectivity index (χ1n) is 6.69. The van der Waals surface area contributed by atoms with Gasteiger partial charge in [-0.15, -0.1) is 0 Å². The predicted molar refractivity (Wildman–Crippen MR) is 77.6 cm³/mol. The normalized spacial score (nSPS) is 12.3. The zero-order valence-electron chi connectivity index (χ0n) is 11.9. The Bertz CT molecular complexity index is 539. The van der Waals surface area contributed by atoms with Crippen LogP contribution in [0.2, 0.25) is 0 Å². The number of imidazole rings is 1. The maximum absolute atomic E-state index is 9.86. The number of aromatic nitrogens is 2. The molecule has 20 heavy (non-hydrogen) atoms. The molecule has 5 nitrogen and oxygen atoms in total. The molecular formula is C15H21N3O2. The quantitative estimate of drug-likeness (QED) is 0.798. The van der Waals surface area contributed by atoms with Gasteiger partial charge in [-0.2, -0.15) is 0 Å². The van der Waals surface area contributed by atoms with Crippen LogP contribution in [0.3, 0.4) is 0 Å². The molecule has 2 aromatic rings. The first-order chi connectivity index (χ1) is 9.65. The smallest absolute Gasteiger partial charge is 0.122 e. The monoisotopic (exact) mass is 275 g/mol. The fourth-order valence-electron chi connectivity index (χ4n) is 1.87. The van der Waals surface area contributed by atoms with Crippen molar-refractivity contribution in [1.29, 1.82) is 0 Å². The lowest BCUT2D eigenvalue weighted by Gasteiger charge is -2.13. The van der Waals surface area contributed by atoms with Gasteiger partial charge in [-0.05, 0) is 24.6 Å². The number of aliphatic hydroxyl groups excluding tert-OH is 1. The van der Waals surface area contributed by atoms with E-state index < -0.39 is 6.10 Å². The maximum Gasteiger partial charge on any atom is 0.122 e. The van der Waals surface area contributed by atoms with Gasteiger partial charge in [0, 0.05) is 26.0 Å². The van der Waals surface area contributed by atoms with E-state index in [2.05, 4.69) is 10.3 Å². The molecular weight excluding hydrogens is 254 g/mol. The molecule has 2 rings (SSSR count). The third-order valence-corrected chi connectivity index (χ3v) is 3.02. The van der Waals surface area contributed by atoms with Gasteiger partial charge in [-0.1, -0.05) is 12.1 Å². The molecule has 0 aliphatic heterocycles. The summed E-state index contributed by atoms with van der Waals surface area (Å²) >= 11 is 0. The first-order valence-corrected chi connectivity index (χ1v) is 6.69. The standard InChI is InChI=1S/C15H21N3O2/c1-12-4-3-5-14(8-12)20-11-13(19)9-16-10-15-17-6-7-18(15)2/h3-8,13,16,19H,9-11H2,1-2H3. The number of nitrogens with zero attached hydrogens (tertiary/aromatic N) is 2. The van der Waals surface area contributed by atoms with Crippen LogP contribution in [-0.4, -0.2) is 33.9 Å². The number of benzene rings is 1. The molecule has 0 fully saturated rings. The highest BCUT2D eigenvalue weighted by Crippen LogP contribution is 2.12. The average Bonchev–Trinajstić information content (AvgIpc) is 2.82. The summed E-state index contributed by atoms with van der Waals surface area (Å²) in [6, 6.07) is 7.79. The molecule has 0 saturated heterocycles. The van der Waals surface area contributed by atoms with Crippen molar-refractivity contribution in [3.63, 3.8) is 0 Å². The molecule has 1 aromatic heterocycles. The summed E-state index contributed by atoms with van der Waals surface area (Å²) in [5.41, 5.74) is 1.14. The summed E-state index contributed by atoms with van der Waals surface area (Å²) in [4.78, 5) is 4.20. The van der Waals surface area contributed by atoms with Crippen LogP contribution in [0.4, 0.5) is 0 Å². The van der Waals surface area contributed by atoms with Gasteiger partial charge in [-0.3, -0.25) is 0 Å². The molecule has 0 spiro atoms. The molecule has 1 atom stereocenters. The molecule has 2 N–H and O–H groups in total. The van der Waals surface area contributed by atoms with E-state index in [1.165, 1.54) is 0 Å². The Morgan fingerprint density at radius 3 is 3.00 bits per heavy atom. The van der Waals surface area contributed by atoms with Crippen LogP contribution in [0, 0.1) is 6.92 Å². The Morgan fingerprint density at radius 1 is 1.45 bits per heavy atom. The van der Waals surface area contributed by atoms with Gasteiger partial charge in [0.15, 0.2) is 0 Å². The second kappa shape index (κ2) is 7.07. The van der Waals surface area contributed by atoms with Crippen LogP contribution in [-0.2, 0) is 13.6 Å². The van der Waals surface area contributed by atoms with Crippen molar-refractivity contribution in [3.05, 3.63) is 48.0 Å². The summed E-state index contributed by atoms with van der Waals surface area (Å²) in [6.07, 6.45) is 3.11. The van der Waals surface area contributed by atoms with Crippen LogP contribution < -0.4 is 10.1 Å². The second-order valence-corrected chi connectivity index (χ2v) is 4.87. The highest BCUT2D eigenvalue weighted by Gasteiger charge is 2.06. The van der Waals surface area contributed by atoms with Crippen molar-refractivity contribution >= 4 is 0 Å². The number of rotatable bonds is 7. The number of hydrogen-bond acceptors (Lipinski definition) is 4. The summed E-state index contributed by atoms with van der Waals surface area (Å²) < 4.78 is 7.50. The maximum atomic E-state index is 9.86. The van der Waals surface area contributed by atoms with E-state index in [4.69, 9.17) is 4.74 Å². The summed E-state index contributed by atoms with van der Waals surface area (Å²) in [5, 5.41) is 13.0. The molecule has 1 aromatic carbocycles. The Morgan fingerprint density at radius 2 is 2.30 bits per heavy atom. The Balaban J connectivity index is 1.68. The van der Waals surface area contributed by atoms with Crippen LogP contribution >= 0.6 is 0 Å². The number of aliphatic hydroxyl groups is 1. The Labute approximate surface area is 119 Å². The minimum atomic E-state index is -0.546. The van der Waals surface area contributed by atoms with Crippen molar-refractivity contribution in [3.8, 4) is 5.75 Å². The van der Waals surface area contributed by atoms with Crippen LogP contribution in [0.1, 0.15) is 11.4 Å². The number of ether oxygens (including phenoxy) is 1. The lowest BCUT2D eigenvalue weighted by atomic mass is 10.2. The summed E-state index contributed by atoms with van der Waals surface area (Å²) in [7, 11) is 1.95. The highest BCUT2D eigenvalue weighted by molar-refractivity contribution is 5.27. The lowest BCUT2D eigenvalue weighted by Crippen LogP contribution is -2.31. The van der Waals surface area contributed by atoms with Crippen LogP contribution in [0.15, 0.2) is 36.7 Å². The molecule has 5 heteroatoms. The van der Waals surface area contributed by atoms with Gasteiger partial charge >= 0.3 is 0 Å². The summed E-state index contributed by atoms with van der Waals surface area (Å²) in [5.74, 6) is 1.73. The number of nitrogens with one attached hydrogen (secondary N) is 1. The van der Waals surface area contributed by atoms with Gasteiger partial charge in [-0.25, -0.2) is 4.98 Å². The minimum absolute atomic E-state index is 0.275. The minimum Gasteiger partial charge on any atom is -0.491 e. The zero-order chi connectivity index (χ0) is 14.4. The average molecular weight is 275 g/mol. The number of aryl methyl sites for hydroxylation is 2. The topological polar surface area (TPSA) is 59.3 Å². The fraction of sp³-hybridized carbons (Fsp3) is 0.400. The second-order valence-electron chi connectivity index (χ2n) is 4.87. The predicted octanol–water partition coefficient (Wildman–Crippen LogP) is 1.26. The molecule has 0 radical (unpaired) electrons. The first kappa shape index (κ1) is 14.6. The molecule has 0 bridgehead atoms. The van der Waals surface area contributed by atoms with Crippen LogP contribution in [0.5, 0.6) is 5.75 Å². The van der Waals surface area contributed by atoms with E-state index in [0.717, 1.165) is 17.1 Å². The van der Waals surface area contributed by atoms with Crippen molar-refractivity contribution < 1.29 is 9.84 Å². The molecule has 0 amide bonds. The van der Waals surface area contributed by atoms with E-state index in [1.807, 2.05) is 49.0 Å². The van der Waals surface area contributed by atoms with E-state index in [-0.39, 0.29) is 6.61 Å². The molecule has 0 aliphatic rings. The SMILES string of the molecule is Cc1cccc(OCC(O)CNCc2nccn2C)c1. The molecule has 1 heterocycles. The molecule has 108 valence electrons. The van der Waals surface area contributed by atoms with Gasteiger partial charge in [0.1, 0.15) is 24.3 Å². The van der Waals surface area contributed by atoms with Gasteiger partial charge < -0.3 is 19.7 Å². The van der Waals surface area contributed by atoms with Crippen LogP contribution in [0.25, 0.3) is 0 Å². The Kier molecular flexibility index (Phi) is 5.15. The number of hydrogen-bond donors (Lipinski definition) is 2. The largest absolute Gasteiger partial charge is 0.491 e. The zero-order valence-corrected chi connectivity index (χ0v) is 11.9. The van der Waals surface area contributed by atoms with E-state index in [0.29, 0.717) is 13.1 Å². The van der Waals surface area contributed by atoms with E-state index in [1.54, 1.807) is 6.20 Å². The molecule has 0 aliphatic carbocycles. The van der Waals surface area contributed by atoms with Crippen molar-refractivity contribution in [2.24, 2.45) is 7.05 Å². The fourth-order valence-corrected chi connectivity index (χ4v) is 1.87. The van der Waals surface area contributed by atoms with Crippen molar-refractivity contribution in [1.82, 2.24) is 14.9 Å². The summed E-state index contributed by atoms with van der Waals surface area (Å²) in [6.45, 7) is 3.39. The van der Waals surface area contributed by atoms with E-state index >= 15 is 0 Å². The third-order valence-electron chi connectivity index (χ3n) is 3.02. The van der Waals surface area contributed by atoms with Crippen molar-refractivity contribution in [2.45, 2.75) is 19.6 Å². The Hall–Kier alpha value is -1.85. The highest BCUT2D eigenvalue weighted by atomic mass is 16.5. The van der Waals surface area contributed by atoms with Gasteiger partial charge in [0.05, 0.1) is 6.54 Å². The lowest BCUT2D eigenvalue weighted by molar-refractivity contribution is 0.106.